The van der Waals surface area contributed by atoms with Gasteiger partial charge in [0.2, 0.25) is 5.24 Å². The van der Waals surface area contributed by atoms with Crippen LogP contribution in [0.2, 0.25) is 0 Å². The number of ketones is 1. The maximum absolute atomic E-state index is 10.6. The molecular formula is C9H15ClO4. The molecule has 0 aliphatic heterocycles. The fourth-order valence-corrected chi connectivity index (χ4v) is 0.498. The molecule has 0 rings (SSSR count). The average Bonchev–Trinajstić information content (AvgIpc) is 2.03. The van der Waals surface area contributed by atoms with Crippen LogP contribution in [-0.2, 0) is 19.1 Å². The lowest BCUT2D eigenvalue weighted by Crippen LogP contribution is -2.09. The van der Waals surface area contributed by atoms with Gasteiger partial charge >= 0.3 is 5.97 Å². The maximum atomic E-state index is 10.6. The van der Waals surface area contributed by atoms with E-state index in [-0.39, 0.29) is 17.4 Å². The van der Waals surface area contributed by atoms with Crippen LogP contribution in [-0.4, -0.2) is 23.6 Å². The molecule has 0 aliphatic carbocycles. The van der Waals surface area contributed by atoms with Gasteiger partial charge in [-0.2, -0.15) is 0 Å². The van der Waals surface area contributed by atoms with Gasteiger partial charge < -0.3 is 4.74 Å². The summed E-state index contributed by atoms with van der Waals surface area (Å²) >= 11 is 4.64. The van der Waals surface area contributed by atoms with E-state index >= 15 is 0 Å². The van der Waals surface area contributed by atoms with E-state index in [2.05, 4.69) is 16.3 Å². The molecule has 4 nitrogen and oxygen atoms in total. The van der Waals surface area contributed by atoms with Crippen molar-refractivity contribution in [3.63, 3.8) is 0 Å². The molecule has 0 fully saturated rings. The highest BCUT2D eigenvalue weighted by Crippen LogP contribution is 1.91. The predicted molar refractivity (Wildman–Crippen MR) is 53.1 cm³/mol. The van der Waals surface area contributed by atoms with E-state index < -0.39 is 5.97 Å². The molecule has 0 aromatic carbocycles. The Morgan fingerprint density at radius 1 is 1.21 bits per heavy atom. The molecule has 0 saturated carbocycles. The maximum Gasteiger partial charge on any atom is 0.313 e. The molecule has 0 aromatic rings. The minimum absolute atomic E-state index is 0.0709. The zero-order chi connectivity index (χ0) is 11.6. The second kappa shape index (κ2) is 10.2. The molecule has 0 N–H and O–H groups in total. The monoisotopic (exact) mass is 222 g/mol. The topological polar surface area (TPSA) is 60.4 Å². The summed E-state index contributed by atoms with van der Waals surface area (Å²) in [6, 6.07) is 0. The summed E-state index contributed by atoms with van der Waals surface area (Å²) in [4.78, 5) is 30.4. The van der Waals surface area contributed by atoms with Crippen LogP contribution in [0.15, 0.2) is 0 Å². The Balaban J connectivity index is 0. The number of halogens is 1. The summed E-state index contributed by atoms with van der Waals surface area (Å²) in [6.07, 6.45) is 0.323. The second-order valence-electron chi connectivity index (χ2n) is 2.34. The van der Waals surface area contributed by atoms with E-state index in [0.29, 0.717) is 13.0 Å². The number of Topliss-reactive ketones (excluding diaryl/α,β-unsaturated/α-hetero) is 1. The second-order valence-corrected chi connectivity index (χ2v) is 2.88. The van der Waals surface area contributed by atoms with Gasteiger partial charge in [0.05, 0.1) is 6.61 Å². The van der Waals surface area contributed by atoms with Crippen LogP contribution in [0.3, 0.4) is 0 Å². The SMILES string of the molecule is CC(=O)Cl.CCOC(=O)CC(=O)CC. The van der Waals surface area contributed by atoms with Gasteiger partial charge in [0, 0.05) is 13.3 Å². The van der Waals surface area contributed by atoms with E-state index in [0.717, 1.165) is 0 Å². The first-order valence-corrected chi connectivity index (χ1v) is 4.65. The number of rotatable bonds is 4. The van der Waals surface area contributed by atoms with Crippen LogP contribution in [0.1, 0.15) is 33.6 Å². The largest absolute Gasteiger partial charge is 0.466 e. The molecule has 0 bridgehead atoms. The highest BCUT2D eigenvalue weighted by atomic mass is 35.5. The van der Waals surface area contributed by atoms with Crippen LogP contribution in [0.5, 0.6) is 0 Å². The van der Waals surface area contributed by atoms with Crippen molar-refractivity contribution >= 4 is 28.6 Å². The lowest BCUT2D eigenvalue weighted by atomic mass is 10.2. The molecule has 0 aliphatic rings. The Labute approximate surface area is 88.6 Å². The molecule has 0 aromatic heterocycles. The summed E-state index contributed by atoms with van der Waals surface area (Å²) in [5.41, 5.74) is 0. The molecule has 14 heavy (non-hydrogen) atoms. The Bertz CT molecular complexity index is 197. The van der Waals surface area contributed by atoms with E-state index in [1.54, 1.807) is 13.8 Å². The van der Waals surface area contributed by atoms with E-state index in [1.807, 2.05) is 0 Å². The number of ether oxygens (including phenoxy) is 1. The van der Waals surface area contributed by atoms with E-state index in [9.17, 15) is 14.4 Å². The van der Waals surface area contributed by atoms with Crippen molar-refractivity contribution in [3.05, 3.63) is 0 Å². The Hall–Kier alpha value is -0.900. The van der Waals surface area contributed by atoms with E-state index in [1.165, 1.54) is 6.92 Å². The molecule has 5 heteroatoms. The highest BCUT2D eigenvalue weighted by Gasteiger charge is 2.06. The number of carbonyl (C=O) groups is 3. The number of hydrogen-bond acceptors (Lipinski definition) is 4. The van der Waals surface area contributed by atoms with Crippen LogP contribution < -0.4 is 0 Å². The van der Waals surface area contributed by atoms with Gasteiger partial charge in [-0.3, -0.25) is 14.4 Å². The van der Waals surface area contributed by atoms with Gasteiger partial charge in [-0.15, -0.1) is 0 Å². The lowest BCUT2D eigenvalue weighted by molar-refractivity contribution is -0.145. The van der Waals surface area contributed by atoms with Gasteiger partial charge in [0.25, 0.3) is 0 Å². The van der Waals surface area contributed by atoms with Gasteiger partial charge in [0.15, 0.2) is 0 Å². The minimum Gasteiger partial charge on any atom is -0.466 e. The molecule has 82 valence electrons. The van der Waals surface area contributed by atoms with Crippen molar-refractivity contribution in [1.29, 1.82) is 0 Å². The van der Waals surface area contributed by atoms with Gasteiger partial charge in [-0.05, 0) is 18.5 Å². The average molecular weight is 223 g/mol. The predicted octanol–water partition coefficient (Wildman–Crippen LogP) is 1.69. The first-order chi connectivity index (χ1) is 6.43. The van der Waals surface area contributed by atoms with Crippen LogP contribution >= 0.6 is 11.6 Å². The third-order valence-corrected chi connectivity index (χ3v) is 1.04. The van der Waals surface area contributed by atoms with Crippen molar-refractivity contribution in [3.8, 4) is 0 Å². The Morgan fingerprint density at radius 2 is 1.64 bits per heavy atom. The van der Waals surface area contributed by atoms with Crippen LogP contribution in [0.4, 0.5) is 0 Å². The van der Waals surface area contributed by atoms with Crippen molar-refractivity contribution in [1.82, 2.24) is 0 Å². The number of esters is 1. The summed E-state index contributed by atoms with van der Waals surface area (Å²) < 4.78 is 4.55. The minimum atomic E-state index is -0.422. The molecule has 0 radical (unpaired) electrons. The molecule has 0 saturated heterocycles. The summed E-state index contributed by atoms with van der Waals surface area (Å²) in [7, 11) is 0. The van der Waals surface area contributed by atoms with Crippen LogP contribution in [0.25, 0.3) is 0 Å². The van der Waals surface area contributed by atoms with Crippen molar-refractivity contribution < 1.29 is 19.1 Å². The van der Waals surface area contributed by atoms with Gasteiger partial charge in [0.1, 0.15) is 12.2 Å². The molecule has 0 atom stereocenters. The lowest BCUT2D eigenvalue weighted by Gasteiger charge is -1.97. The van der Waals surface area contributed by atoms with Crippen LogP contribution in [0, 0.1) is 0 Å². The van der Waals surface area contributed by atoms with Crippen molar-refractivity contribution in [2.24, 2.45) is 0 Å². The quantitative estimate of drug-likeness (QED) is 0.413. The Morgan fingerprint density at radius 3 is 1.93 bits per heavy atom. The third kappa shape index (κ3) is 17.3. The summed E-state index contributed by atoms with van der Waals surface area (Å²) in [5.74, 6) is -0.493. The zero-order valence-electron chi connectivity index (χ0n) is 8.63. The summed E-state index contributed by atoms with van der Waals surface area (Å²) in [5, 5.41) is -0.361. The normalized spacial score (nSPS) is 8.29. The van der Waals surface area contributed by atoms with Gasteiger partial charge in [-0.1, -0.05) is 6.92 Å². The Kier molecular flexibility index (Phi) is 11.3. The molecule has 0 heterocycles. The molecular weight excluding hydrogens is 208 g/mol. The third-order valence-electron chi connectivity index (χ3n) is 1.04. The van der Waals surface area contributed by atoms with E-state index in [4.69, 9.17) is 0 Å². The first kappa shape index (κ1) is 15.6. The standard InChI is InChI=1S/C7H12O3.C2H3ClO/c1-3-6(8)5-7(9)10-4-2;1-2(3)4/h3-5H2,1-2H3;1H3. The van der Waals surface area contributed by atoms with Gasteiger partial charge in [-0.25, -0.2) is 0 Å². The summed E-state index contributed by atoms with van der Waals surface area (Å²) in [6.45, 7) is 5.08. The molecule has 0 spiro atoms. The number of hydrogen-bond donors (Lipinski definition) is 0. The zero-order valence-corrected chi connectivity index (χ0v) is 9.39. The van der Waals surface area contributed by atoms with Crippen molar-refractivity contribution in [2.75, 3.05) is 6.61 Å². The highest BCUT2D eigenvalue weighted by molar-refractivity contribution is 6.62. The van der Waals surface area contributed by atoms with Crippen molar-refractivity contribution in [2.45, 2.75) is 33.6 Å². The smallest absolute Gasteiger partial charge is 0.313 e. The molecule has 0 unspecified atom stereocenters. The fourth-order valence-electron chi connectivity index (χ4n) is 0.498. The number of carbonyl (C=O) groups excluding carboxylic acids is 3. The fraction of sp³-hybridized carbons (Fsp3) is 0.667. The molecule has 0 amide bonds. The first-order valence-electron chi connectivity index (χ1n) is 4.27.